The lowest BCUT2D eigenvalue weighted by Crippen LogP contribution is -2.36. The Kier molecular flexibility index (Phi) is 5.13. The Morgan fingerprint density at radius 2 is 1.93 bits per heavy atom. The summed E-state index contributed by atoms with van der Waals surface area (Å²) in [5.74, 6) is -1.21. The van der Waals surface area contributed by atoms with Crippen LogP contribution in [0.15, 0.2) is 47.4 Å². The fraction of sp³-hybridized carbons (Fsp3) is 0.222. The molecule has 0 fully saturated rings. The molecule has 0 aromatic heterocycles. The quantitative estimate of drug-likeness (QED) is 0.810. The molecule has 0 spiro atoms. The first-order valence-electron chi connectivity index (χ1n) is 8.20. The van der Waals surface area contributed by atoms with Crippen molar-refractivity contribution in [1.29, 1.82) is 0 Å². The van der Waals surface area contributed by atoms with E-state index in [2.05, 4.69) is 5.32 Å². The van der Waals surface area contributed by atoms with Gasteiger partial charge in [0.15, 0.2) is 6.10 Å². The minimum Gasteiger partial charge on any atom is -0.478 e. The first-order valence-corrected chi connectivity index (χ1v) is 9.68. The number of halogens is 1. The summed E-state index contributed by atoms with van der Waals surface area (Å²) >= 11 is 0. The number of nitrogens with one attached hydrogen (secondary N) is 2. The van der Waals surface area contributed by atoms with Crippen molar-refractivity contribution >= 4 is 27.5 Å². The second-order valence-corrected chi connectivity index (χ2v) is 7.68. The van der Waals surface area contributed by atoms with E-state index < -0.39 is 27.9 Å². The highest BCUT2D eigenvalue weighted by Gasteiger charge is 2.28. The van der Waals surface area contributed by atoms with Crippen molar-refractivity contribution in [3.63, 3.8) is 0 Å². The number of sulfonamides is 1. The molecule has 7 nitrogen and oxygen atoms in total. The van der Waals surface area contributed by atoms with Gasteiger partial charge in [0.1, 0.15) is 11.6 Å². The molecule has 2 aromatic rings. The molecule has 1 aliphatic rings. The van der Waals surface area contributed by atoms with Crippen molar-refractivity contribution in [3.05, 3.63) is 53.8 Å². The highest BCUT2D eigenvalue weighted by atomic mass is 32.2. The van der Waals surface area contributed by atoms with E-state index in [9.17, 15) is 22.4 Å². The third kappa shape index (κ3) is 4.25. The van der Waals surface area contributed by atoms with Crippen molar-refractivity contribution in [2.75, 3.05) is 5.32 Å². The Morgan fingerprint density at radius 1 is 1.22 bits per heavy atom. The number of ether oxygens (including phenoxy) is 1. The summed E-state index contributed by atoms with van der Waals surface area (Å²) in [7, 11) is -4.14. The zero-order valence-electron chi connectivity index (χ0n) is 14.4. The van der Waals surface area contributed by atoms with Gasteiger partial charge in [-0.15, -0.1) is 0 Å². The molecule has 1 heterocycles. The van der Waals surface area contributed by atoms with Crippen molar-refractivity contribution in [2.45, 2.75) is 30.8 Å². The fourth-order valence-corrected chi connectivity index (χ4v) is 3.61. The molecular weight excluding hydrogens is 375 g/mol. The van der Waals surface area contributed by atoms with Crippen LogP contribution in [0.1, 0.15) is 18.9 Å². The number of amides is 2. The topological polar surface area (TPSA) is 102 Å². The van der Waals surface area contributed by atoms with Gasteiger partial charge in [0.25, 0.3) is 15.9 Å². The van der Waals surface area contributed by atoms with Crippen molar-refractivity contribution in [3.8, 4) is 5.75 Å². The average Bonchev–Trinajstić information content (AvgIpc) is 2.62. The van der Waals surface area contributed by atoms with Crippen LogP contribution in [0.4, 0.5) is 10.1 Å². The molecule has 0 unspecified atom stereocenters. The van der Waals surface area contributed by atoms with Crippen LogP contribution in [0.3, 0.4) is 0 Å². The van der Waals surface area contributed by atoms with Crippen LogP contribution >= 0.6 is 0 Å². The van der Waals surface area contributed by atoms with Crippen LogP contribution in [-0.4, -0.2) is 26.3 Å². The Morgan fingerprint density at radius 3 is 2.59 bits per heavy atom. The summed E-state index contributed by atoms with van der Waals surface area (Å²) in [6, 6.07) is 9.12. The Labute approximate surface area is 155 Å². The van der Waals surface area contributed by atoms with Gasteiger partial charge in [-0.05, 0) is 42.3 Å². The average molecular weight is 392 g/mol. The van der Waals surface area contributed by atoms with Crippen molar-refractivity contribution in [1.82, 2.24) is 4.72 Å². The molecule has 142 valence electrons. The van der Waals surface area contributed by atoms with Gasteiger partial charge in [0.05, 0.1) is 17.0 Å². The zero-order chi connectivity index (χ0) is 19.6. The zero-order valence-corrected chi connectivity index (χ0v) is 15.2. The molecule has 2 amide bonds. The first-order chi connectivity index (χ1) is 12.8. The van der Waals surface area contributed by atoms with E-state index in [4.69, 9.17) is 4.74 Å². The molecule has 1 aliphatic heterocycles. The molecule has 0 aliphatic carbocycles. The second kappa shape index (κ2) is 7.36. The minimum atomic E-state index is -4.14. The molecule has 2 aromatic carbocycles. The van der Waals surface area contributed by atoms with Gasteiger partial charge in [0, 0.05) is 0 Å². The number of benzene rings is 2. The highest BCUT2D eigenvalue weighted by molar-refractivity contribution is 7.90. The molecule has 1 atom stereocenters. The number of hydrogen-bond acceptors (Lipinski definition) is 5. The fourth-order valence-electron chi connectivity index (χ4n) is 2.60. The summed E-state index contributed by atoms with van der Waals surface area (Å²) in [6.07, 6.45) is -0.372. The summed E-state index contributed by atoms with van der Waals surface area (Å²) in [4.78, 5) is 23.7. The summed E-state index contributed by atoms with van der Waals surface area (Å²) in [5.41, 5.74) is 0.694. The molecule has 9 heteroatoms. The standard InChI is InChI=1S/C18H17FN2O5S/c1-2-15-18(23)20-14-10-13(7-8-16(14)26-15)27(24,25)21-17(22)9-11-3-5-12(19)6-4-11/h3-8,10,15H,2,9H2,1H3,(H,20,23)(H,21,22)/t15-/m1/s1. The van der Waals surface area contributed by atoms with Crippen LogP contribution < -0.4 is 14.8 Å². The van der Waals surface area contributed by atoms with Gasteiger partial charge >= 0.3 is 0 Å². The van der Waals surface area contributed by atoms with Crippen LogP contribution in [0.5, 0.6) is 5.75 Å². The lowest BCUT2D eigenvalue weighted by Gasteiger charge is -2.25. The predicted octanol–water partition coefficient (Wildman–Crippen LogP) is 1.98. The second-order valence-electron chi connectivity index (χ2n) is 5.99. The SMILES string of the molecule is CC[C@H]1Oc2ccc(S(=O)(=O)NC(=O)Cc3ccc(F)cc3)cc2NC1=O. The molecule has 27 heavy (non-hydrogen) atoms. The third-order valence-corrected chi connectivity index (χ3v) is 5.35. The number of carbonyl (C=O) groups excluding carboxylic acids is 2. The van der Waals surface area contributed by atoms with Crippen LogP contribution in [-0.2, 0) is 26.0 Å². The molecule has 2 N–H and O–H groups in total. The van der Waals surface area contributed by atoms with Crippen LogP contribution in [0.2, 0.25) is 0 Å². The summed E-state index contributed by atoms with van der Waals surface area (Å²) in [6.45, 7) is 1.80. The lowest BCUT2D eigenvalue weighted by molar-refractivity contribution is -0.123. The van der Waals surface area contributed by atoms with E-state index >= 15 is 0 Å². The molecular formula is C18H17FN2O5S. The number of fused-ring (bicyclic) bond motifs is 1. The molecule has 0 bridgehead atoms. The maximum absolute atomic E-state index is 12.9. The maximum atomic E-state index is 12.9. The van der Waals surface area contributed by atoms with E-state index in [1.54, 1.807) is 6.92 Å². The number of rotatable bonds is 5. The Hall–Kier alpha value is -2.94. The highest BCUT2D eigenvalue weighted by Crippen LogP contribution is 2.32. The van der Waals surface area contributed by atoms with E-state index in [0.717, 1.165) is 0 Å². The van der Waals surface area contributed by atoms with Crippen LogP contribution in [0, 0.1) is 5.82 Å². The molecule has 0 radical (unpaired) electrons. The molecule has 3 rings (SSSR count). The third-order valence-electron chi connectivity index (χ3n) is 3.98. The van der Waals surface area contributed by atoms with Crippen molar-refractivity contribution in [2.24, 2.45) is 0 Å². The smallest absolute Gasteiger partial charge is 0.265 e. The van der Waals surface area contributed by atoms with Crippen LogP contribution in [0.25, 0.3) is 0 Å². The summed E-state index contributed by atoms with van der Waals surface area (Å²) < 4.78 is 45.2. The Balaban J connectivity index is 1.75. The van der Waals surface area contributed by atoms with E-state index in [0.29, 0.717) is 17.7 Å². The van der Waals surface area contributed by atoms with Gasteiger partial charge in [-0.2, -0.15) is 0 Å². The van der Waals surface area contributed by atoms with Gasteiger partial charge in [-0.1, -0.05) is 19.1 Å². The van der Waals surface area contributed by atoms with Crippen molar-refractivity contribution < 1.29 is 27.1 Å². The van der Waals surface area contributed by atoms with E-state index in [1.807, 2.05) is 4.72 Å². The van der Waals surface area contributed by atoms with Gasteiger partial charge < -0.3 is 10.1 Å². The first kappa shape index (κ1) is 18.8. The Bertz CT molecular complexity index is 989. The van der Waals surface area contributed by atoms with E-state index in [1.165, 1.54) is 42.5 Å². The maximum Gasteiger partial charge on any atom is 0.265 e. The number of anilines is 1. The monoisotopic (exact) mass is 392 g/mol. The summed E-state index contributed by atoms with van der Waals surface area (Å²) in [5, 5.41) is 2.60. The molecule has 0 saturated carbocycles. The number of hydrogen-bond donors (Lipinski definition) is 2. The van der Waals surface area contributed by atoms with Gasteiger partial charge in [-0.25, -0.2) is 17.5 Å². The minimum absolute atomic E-state index is 0.187. The number of carbonyl (C=O) groups is 2. The molecule has 0 saturated heterocycles. The normalized spacial score (nSPS) is 16.1. The predicted molar refractivity (Wildman–Crippen MR) is 95.2 cm³/mol. The lowest BCUT2D eigenvalue weighted by atomic mass is 10.1. The van der Waals surface area contributed by atoms with E-state index in [-0.39, 0.29) is 22.9 Å². The van der Waals surface area contributed by atoms with Gasteiger partial charge in [0.2, 0.25) is 5.91 Å². The largest absolute Gasteiger partial charge is 0.478 e. The van der Waals surface area contributed by atoms with Gasteiger partial charge in [-0.3, -0.25) is 9.59 Å².